The predicted molar refractivity (Wildman–Crippen MR) is 86.2 cm³/mol. The van der Waals surface area contributed by atoms with E-state index >= 15 is 0 Å². The maximum Gasteiger partial charge on any atom is 0.150 e. The molecule has 1 heterocycles. The first kappa shape index (κ1) is 15.7. The van der Waals surface area contributed by atoms with Crippen LogP contribution in [0.1, 0.15) is 62.6 Å². The summed E-state index contributed by atoms with van der Waals surface area (Å²) >= 11 is 0. The van der Waals surface area contributed by atoms with Crippen LogP contribution in [0.4, 0.5) is 0 Å². The molecule has 2 N–H and O–H groups in total. The third-order valence-electron chi connectivity index (χ3n) is 4.06. The Morgan fingerprint density at radius 3 is 2.24 bits per heavy atom. The van der Waals surface area contributed by atoms with Gasteiger partial charge in [-0.1, -0.05) is 45.0 Å². The standard InChI is InChI=1S/C17H26N4/c1-5-13-8-10-14(11-9-13)17(18)12(4)21-16(7-3)19-15(6-2)20-21/h8-12,17H,5-7,18H2,1-4H3. The lowest BCUT2D eigenvalue weighted by Crippen LogP contribution is -2.24. The van der Waals surface area contributed by atoms with Crippen molar-refractivity contribution in [2.75, 3.05) is 0 Å². The highest BCUT2D eigenvalue weighted by Gasteiger charge is 2.21. The zero-order chi connectivity index (χ0) is 15.4. The fourth-order valence-corrected chi connectivity index (χ4v) is 2.53. The van der Waals surface area contributed by atoms with E-state index < -0.39 is 0 Å². The summed E-state index contributed by atoms with van der Waals surface area (Å²) in [4.78, 5) is 4.57. The van der Waals surface area contributed by atoms with Crippen molar-refractivity contribution in [3.63, 3.8) is 0 Å². The molecule has 0 spiro atoms. The van der Waals surface area contributed by atoms with Crippen LogP contribution in [0.5, 0.6) is 0 Å². The predicted octanol–water partition coefficient (Wildman–Crippen LogP) is 3.23. The van der Waals surface area contributed by atoms with E-state index in [0.717, 1.165) is 36.5 Å². The van der Waals surface area contributed by atoms with Crippen LogP contribution < -0.4 is 5.73 Å². The summed E-state index contributed by atoms with van der Waals surface area (Å²) in [6.07, 6.45) is 2.78. The minimum atomic E-state index is -0.0763. The highest BCUT2D eigenvalue weighted by atomic mass is 15.4. The second kappa shape index (κ2) is 6.85. The van der Waals surface area contributed by atoms with Crippen molar-refractivity contribution in [3.05, 3.63) is 47.0 Å². The summed E-state index contributed by atoms with van der Waals surface area (Å²) in [5.74, 6) is 1.91. The summed E-state index contributed by atoms with van der Waals surface area (Å²) in [5, 5.41) is 4.61. The molecule has 0 fully saturated rings. The van der Waals surface area contributed by atoms with Gasteiger partial charge in [-0.05, 0) is 24.5 Å². The van der Waals surface area contributed by atoms with Gasteiger partial charge < -0.3 is 5.73 Å². The van der Waals surface area contributed by atoms with Gasteiger partial charge in [0.15, 0.2) is 5.82 Å². The van der Waals surface area contributed by atoms with Crippen LogP contribution in [0.3, 0.4) is 0 Å². The molecule has 114 valence electrons. The lowest BCUT2D eigenvalue weighted by atomic mass is 9.99. The first-order chi connectivity index (χ1) is 10.1. The SMILES string of the molecule is CCc1ccc(C(N)C(C)n2nc(CC)nc2CC)cc1. The lowest BCUT2D eigenvalue weighted by molar-refractivity contribution is 0.399. The number of aryl methyl sites for hydroxylation is 3. The Labute approximate surface area is 127 Å². The molecule has 2 atom stereocenters. The van der Waals surface area contributed by atoms with Crippen molar-refractivity contribution in [3.8, 4) is 0 Å². The normalized spacial score (nSPS) is 14.1. The fraction of sp³-hybridized carbons (Fsp3) is 0.529. The Morgan fingerprint density at radius 1 is 1.05 bits per heavy atom. The summed E-state index contributed by atoms with van der Waals surface area (Å²) in [7, 11) is 0. The number of rotatable bonds is 6. The van der Waals surface area contributed by atoms with E-state index in [4.69, 9.17) is 5.73 Å². The molecule has 2 rings (SSSR count). The monoisotopic (exact) mass is 286 g/mol. The van der Waals surface area contributed by atoms with Gasteiger partial charge in [-0.3, -0.25) is 0 Å². The molecular formula is C17H26N4. The van der Waals surface area contributed by atoms with Gasteiger partial charge in [0.2, 0.25) is 0 Å². The second-order valence-corrected chi connectivity index (χ2v) is 5.46. The average Bonchev–Trinajstić information content (AvgIpc) is 2.97. The van der Waals surface area contributed by atoms with Gasteiger partial charge in [-0.2, -0.15) is 5.10 Å². The molecule has 21 heavy (non-hydrogen) atoms. The van der Waals surface area contributed by atoms with Gasteiger partial charge in [0.25, 0.3) is 0 Å². The van der Waals surface area contributed by atoms with E-state index in [1.54, 1.807) is 0 Å². The van der Waals surface area contributed by atoms with Crippen LogP contribution in [0.15, 0.2) is 24.3 Å². The lowest BCUT2D eigenvalue weighted by Gasteiger charge is -2.22. The largest absolute Gasteiger partial charge is 0.322 e. The van der Waals surface area contributed by atoms with E-state index in [0.29, 0.717) is 0 Å². The molecule has 0 aliphatic heterocycles. The van der Waals surface area contributed by atoms with E-state index in [-0.39, 0.29) is 12.1 Å². The van der Waals surface area contributed by atoms with Gasteiger partial charge in [-0.25, -0.2) is 9.67 Å². The molecule has 1 aromatic carbocycles. The molecule has 0 saturated carbocycles. The molecule has 2 unspecified atom stereocenters. The van der Waals surface area contributed by atoms with E-state index in [9.17, 15) is 0 Å². The molecule has 0 radical (unpaired) electrons. The van der Waals surface area contributed by atoms with Crippen LogP contribution in [0, 0.1) is 0 Å². The Hall–Kier alpha value is -1.68. The van der Waals surface area contributed by atoms with Crippen LogP contribution in [0.25, 0.3) is 0 Å². The van der Waals surface area contributed by atoms with E-state index in [1.165, 1.54) is 5.56 Å². The molecule has 1 aromatic heterocycles. The molecule has 4 heteroatoms. The van der Waals surface area contributed by atoms with Crippen molar-refractivity contribution in [1.82, 2.24) is 14.8 Å². The van der Waals surface area contributed by atoms with Crippen LogP contribution in [-0.2, 0) is 19.3 Å². The number of nitrogens with two attached hydrogens (primary N) is 1. The van der Waals surface area contributed by atoms with E-state index in [2.05, 4.69) is 62.0 Å². The minimum absolute atomic E-state index is 0.0763. The summed E-state index contributed by atoms with van der Waals surface area (Å²) in [5.41, 5.74) is 8.93. The van der Waals surface area contributed by atoms with Crippen LogP contribution in [0.2, 0.25) is 0 Å². The molecule has 2 aromatic rings. The Morgan fingerprint density at radius 2 is 1.71 bits per heavy atom. The maximum absolute atomic E-state index is 6.45. The van der Waals surface area contributed by atoms with Crippen LogP contribution in [-0.4, -0.2) is 14.8 Å². The Balaban J connectivity index is 2.25. The molecule has 0 bridgehead atoms. The maximum atomic E-state index is 6.45. The summed E-state index contributed by atoms with van der Waals surface area (Å²) in [6.45, 7) is 8.46. The number of benzene rings is 1. The minimum Gasteiger partial charge on any atom is -0.322 e. The third kappa shape index (κ3) is 3.32. The van der Waals surface area contributed by atoms with Gasteiger partial charge in [0, 0.05) is 12.8 Å². The average molecular weight is 286 g/mol. The van der Waals surface area contributed by atoms with Crippen molar-refractivity contribution >= 4 is 0 Å². The first-order valence-electron chi connectivity index (χ1n) is 7.89. The molecule has 0 saturated heterocycles. The first-order valence-corrected chi connectivity index (χ1v) is 7.89. The van der Waals surface area contributed by atoms with Gasteiger partial charge in [0.05, 0.1) is 12.1 Å². The van der Waals surface area contributed by atoms with E-state index in [1.807, 2.05) is 4.68 Å². The second-order valence-electron chi connectivity index (χ2n) is 5.46. The topological polar surface area (TPSA) is 56.7 Å². The third-order valence-corrected chi connectivity index (χ3v) is 4.06. The molecular weight excluding hydrogens is 260 g/mol. The molecule has 0 aliphatic rings. The quantitative estimate of drug-likeness (QED) is 0.887. The number of aromatic nitrogens is 3. The number of hydrogen-bond donors (Lipinski definition) is 1. The molecule has 0 aliphatic carbocycles. The summed E-state index contributed by atoms with van der Waals surface area (Å²) < 4.78 is 2.00. The highest BCUT2D eigenvalue weighted by Crippen LogP contribution is 2.25. The van der Waals surface area contributed by atoms with Crippen molar-refractivity contribution < 1.29 is 0 Å². The zero-order valence-electron chi connectivity index (χ0n) is 13.5. The van der Waals surface area contributed by atoms with Crippen molar-refractivity contribution in [1.29, 1.82) is 0 Å². The van der Waals surface area contributed by atoms with Crippen molar-refractivity contribution in [2.24, 2.45) is 5.73 Å². The highest BCUT2D eigenvalue weighted by molar-refractivity contribution is 5.25. The van der Waals surface area contributed by atoms with Gasteiger partial charge in [-0.15, -0.1) is 0 Å². The van der Waals surface area contributed by atoms with Gasteiger partial charge >= 0.3 is 0 Å². The summed E-state index contributed by atoms with van der Waals surface area (Å²) in [6, 6.07) is 8.59. The number of nitrogens with zero attached hydrogens (tertiary/aromatic N) is 3. The zero-order valence-corrected chi connectivity index (χ0v) is 13.5. The van der Waals surface area contributed by atoms with Gasteiger partial charge in [0.1, 0.15) is 5.82 Å². The Bertz CT molecular complexity index is 571. The van der Waals surface area contributed by atoms with Crippen molar-refractivity contribution in [2.45, 2.75) is 59.0 Å². The smallest absolute Gasteiger partial charge is 0.150 e. The fourth-order valence-electron chi connectivity index (χ4n) is 2.53. The molecule has 4 nitrogen and oxygen atoms in total. The Kier molecular flexibility index (Phi) is 5.12. The van der Waals surface area contributed by atoms with Crippen LogP contribution >= 0.6 is 0 Å². The number of hydrogen-bond acceptors (Lipinski definition) is 3. The molecule has 0 amide bonds.